The molecule has 2 aromatic rings. The van der Waals surface area contributed by atoms with Gasteiger partial charge in [0.2, 0.25) is 0 Å². The third kappa shape index (κ3) is 3.77. The molecule has 31 heavy (non-hydrogen) atoms. The van der Waals surface area contributed by atoms with Crippen LogP contribution in [0.1, 0.15) is 61.4 Å². The van der Waals surface area contributed by atoms with E-state index < -0.39 is 25.8 Å². The summed E-state index contributed by atoms with van der Waals surface area (Å²) in [5.41, 5.74) is 11.6. The molecule has 4 rings (SSSR count). The van der Waals surface area contributed by atoms with Gasteiger partial charge in [-0.3, -0.25) is 0 Å². The molecule has 0 bridgehead atoms. The standard InChI is InChI=1S/C17H14Cl.C9H13.C2H6Si.Zr/c1-2-12-11-15-14(9-6-10-16(15)18)17(12)13-7-4-3-5-8-13;1-6-5-7(2)9(4)8(6)3;1-3-2;/h3-11H,2H2,1H3;6H,1-4H3;1-2H3;. The van der Waals surface area contributed by atoms with E-state index in [0.717, 1.165) is 11.4 Å². The van der Waals surface area contributed by atoms with Crippen LogP contribution >= 0.6 is 11.6 Å². The van der Waals surface area contributed by atoms with E-state index in [4.69, 9.17) is 11.6 Å². The zero-order valence-electron chi connectivity index (χ0n) is 19.9. The predicted molar refractivity (Wildman–Crippen MR) is 135 cm³/mol. The first-order valence-electron chi connectivity index (χ1n) is 11.4. The molecule has 2 atom stereocenters. The zero-order valence-corrected chi connectivity index (χ0v) is 24.1. The molecule has 3 heteroatoms. The molecular weight excluding hydrogens is 491 g/mol. The summed E-state index contributed by atoms with van der Waals surface area (Å²) < 4.78 is 2.44. The molecule has 2 aromatic carbocycles. The van der Waals surface area contributed by atoms with Crippen LogP contribution in [0.25, 0.3) is 5.57 Å². The van der Waals surface area contributed by atoms with Gasteiger partial charge < -0.3 is 0 Å². The predicted octanol–water partition coefficient (Wildman–Crippen LogP) is 8.74. The van der Waals surface area contributed by atoms with E-state index in [9.17, 15) is 0 Å². The molecule has 2 aliphatic rings. The van der Waals surface area contributed by atoms with Crippen molar-refractivity contribution in [2.24, 2.45) is 5.92 Å². The van der Waals surface area contributed by atoms with Crippen LogP contribution in [0.15, 0.2) is 74.1 Å². The summed E-state index contributed by atoms with van der Waals surface area (Å²) in [6.07, 6.45) is 1.10. The monoisotopic (exact) mass is 522 g/mol. The van der Waals surface area contributed by atoms with Crippen LogP contribution in [-0.4, -0.2) is 5.43 Å². The molecule has 0 aromatic heterocycles. The van der Waals surface area contributed by atoms with E-state index >= 15 is 0 Å². The van der Waals surface area contributed by atoms with E-state index in [0.29, 0.717) is 9.54 Å². The van der Waals surface area contributed by atoms with Gasteiger partial charge in [0.1, 0.15) is 0 Å². The van der Waals surface area contributed by atoms with Crippen LogP contribution in [0.5, 0.6) is 0 Å². The SMILES string of the molecule is CCC1=C(c2ccccc2)c2cccc(Cl)c2[CH]1[Zr]([C]1=C(C)C(C)=C(C)C1C)=[Si](C)C. The normalized spacial score (nSPS) is 20.6. The van der Waals surface area contributed by atoms with Gasteiger partial charge in [-0.1, -0.05) is 0 Å². The van der Waals surface area contributed by atoms with Crippen molar-refractivity contribution in [2.75, 3.05) is 0 Å². The fraction of sp³-hybridized carbons (Fsp3) is 0.357. The molecule has 0 nitrogen and oxygen atoms in total. The molecule has 2 unspecified atom stereocenters. The maximum atomic E-state index is 7.01. The van der Waals surface area contributed by atoms with Crippen LogP contribution in [0, 0.1) is 5.92 Å². The molecule has 2 aliphatic carbocycles. The molecule has 160 valence electrons. The van der Waals surface area contributed by atoms with Gasteiger partial charge in [0, 0.05) is 0 Å². The molecule has 0 amide bonds. The van der Waals surface area contributed by atoms with Crippen molar-refractivity contribution in [3.05, 3.63) is 95.8 Å². The number of rotatable bonds is 4. The average Bonchev–Trinajstić information content (AvgIpc) is 3.18. The fourth-order valence-electron chi connectivity index (χ4n) is 5.70. The van der Waals surface area contributed by atoms with Crippen LogP contribution in [0.3, 0.4) is 0 Å². The quantitative estimate of drug-likeness (QED) is 0.351. The van der Waals surface area contributed by atoms with Crippen molar-refractivity contribution >= 4 is 22.6 Å². The topological polar surface area (TPSA) is 0 Å². The van der Waals surface area contributed by atoms with Crippen molar-refractivity contribution in [1.82, 2.24) is 0 Å². The Balaban J connectivity index is 2.04. The number of fused-ring (bicyclic) bond motifs is 1. The molecule has 0 spiro atoms. The Morgan fingerprint density at radius 3 is 2.16 bits per heavy atom. The average molecular weight is 524 g/mol. The van der Waals surface area contributed by atoms with Crippen molar-refractivity contribution in [3.63, 3.8) is 0 Å². The summed E-state index contributed by atoms with van der Waals surface area (Å²) >= 11 is 4.93. The van der Waals surface area contributed by atoms with Gasteiger partial charge in [-0.2, -0.15) is 0 Å². The van der Waals surface area contributed by atoms with Crippen LogP contribution in [0.2, 0.25) is 18.1 Å². The molecule has 0 aliphatic heterocycles. The summed E-state index contributed by atoms with van der Waals surface area (Å²) in [7, 11) is 0. The summed E-state index contributed by atoms with van der Waals surface area (Å²) in [4.78, 5) is 0. The minimum absolute atomic E-state index is 0.436. The minimum atomic E-state index is -2.08. The van der Waals surface area contributed by atoms with E-state index in [1.807, 2.05) is 3.28 Å². The number of benzene rings is 2. The Bertz CT molecular complexity index is 1180. The fourth-order valence-corrected chi connectivity index (χ4v) is 26.9. The van der Waals surface area contributed by atoms with E-state index in [1.54, 1.807) is 22.3 Å². The summed E-state index contributed by atoms with van der Waals surface area (Å²) in [5.74, 6) is 0.610. The number of allylic oxidation sites excluding steroid dienone is 5. The van der Waals surface area contributed by atoms with Crippen LogP contribution < -0.4 is 0 Å². The number of halogens is 1. The first kappa shape index (κ1) is 23.2. The summed E-state index contributed by atoms with van der Waals surface area (Å²) in [6, 6.07) is 17.6. The van der Waals surface area contributed by atoms with Gasteiger partial charge in [-0.05, 0) is 0 Å². The second-order valence-corrected chi connectivity index (χ2v) is 27.0. The second kappa shape index (κ2) is 9.12. The Kier molecular flexibility index (Phi) is 6.83. The van der Waals surface area contributed by atoms with Gasteiger partial charge in [0.25, 0.3) is 0 Å². The maximum absolute atomic E-state index is 7.01. The van der Waals surface area contributed by atoms with Crippen molar-refractivity contribution in [2.45, 2.75) is 57.8 Å². The van der Waals surface area contributed by atoms with Gasteiger partial charge in [0.15, 0.2) is 0 Å². The molecule has 0 N–H and O–H groups in total. The number of hydrogen-bond acceptors (Lipinski definition) is 0. The molecule has 0 saturated heterocycles. The van der Waals surface area contributed by atoms with E-state index in [-0.39, 0.29) is 0 Å². The van der Waals surface area contributed by atoms with Gasteiger partial charge in [0.05, 0.1) is 0 Å². The molecule has 0 heterocycles. The van der Waals surface area contributed by atoms with Gasteiger partial charge in [-0.15, -0.1) is 0 Å². The molecule has 0 fully saturated rings. The summed E-state index contributed by atoms with van der Waals surface area (Å²) in [6.45, 7) is 17.1. The first-order valence-corrected chi connectivity index (χ1v) is 20.6. The van der Waals surface area contributed by atoms with Gasteiger partial charge >= 0.3 is 202 Å². The van der Waals surface area contributed by atoms with Crippen LogP contribution in [0.4, 0.5) is 0 Å². The molecule has 0 saturated carbocycles. The molecular formula is C28H33ClSiZr. The first-order chi connectivity index (χ1) is 14.8. The number of hydrogen-bond donors (Lipinski definition) is 0. The molecule has 0 radical (unpaired) electrons. The third-order valence-corrected chi connectivity index (χ3v) is 26.5. The Labute approximate surface area is 201 Å². The Morgan fingerprint density at radius 2 is 1.61 bits per heavy atom. The van der Waals surface area contributed by atoms with Crippen molar-refractivity contribution in [3.8, 4) is 0 Å². The Hall–Kier alpha value is -0.950. The third-order valence-electron chi connectivity index (χ3n) is 7.48. The Morgan fingerprint density at radius 1 is 0.935 bits per heavy atom. The van der Waals surface area contributed by atoms with E-state index in [1.165, 1.54) is 22.3 Å². The van der Waals surface area contributed by atoms with Crippen molar-refractivity contribution in [1.29, 1.82) is 0 Å². The zero-order chi connectivity index (χ0) is 22.4. The second-order valence-electron chi connectivity index (χ2n) is 9.24. The summed E-state index contributed by atoms with van der Waals surface area (Å²) in [5, 5.41) is 0.978. The van der Waals surface area contributed by atoms with Gasteiger partial charge in [-0.25, -0.2) is 0 Å². The van der Waals surface area contributed by atoms with E-state index in [2.05, 4.69) is 96.2 Å². The van der Waals surface area contributed by atoms with Crippen LogP contribution in [-0.2, 0) is 20.4 Å². The van der Waals surface area contributed by atoms with Crippen molar-refractivity contribution < 1.29 is 20.4 Å².